The topological polar surface area (TPSA) is 102 Å². The first-order chi connectivity index (χ1) is 12.6. The zero-order chi connectivity index (χ0) is 20.6. The van der Waals surface area contributed by atoms with Crippen LogP contribution in [0.2, 0.25) is 0 Å². The van der Waals surface area contributed by atoms with E-state index in [1.54, 1.807) is 26.8 Å². The largest absolute Gasteiger partial charge is 0.480 e. The average molecular weight is 376 g/mol. The first-order valence-electron chi connectivity index (χ1n) is 9.17. The molecule has 150 valence electrons. The van der Waals surface area contributed by atoms with Crippen LogP contribution < -0.4 is 11.1 Å². The number of aliphatic carboxylic acids is 1. The summed E-state index contributed by atoms with van der Waals surface area (Å²) in [4.78, 5) is 22.6. The number of carboxylic acids is 1. The van der Waals surface area contributed by atoms with Crippen molar-refractivity contribution >= 4 is 12.1 Å². The number of hydrogen-bond donors (Lipinski definition) is 3. The molecular weight excluding hydrogens is 344 g/mol. The summed E-state index contributed by atoms with van der Waals surface area (Å²) < 4.78 is 5.14. The number of rotatable bonds is 6. The van der Waals surface area contributed by atoms with Crippen molar-refractivity contribution in [2.75, 3.05) is 0 Å². The van der Waals surface area contributed by atoms with Gasteiger partial charge in [-0.2, -0.15) is 0 Å². The Kier molecular flexibility index (Phi) is 8.50. The number of amides is 1. The molecule has 0 heterocycles. The van der Waals surface area contributed by atoms with Gasteiger partial charge in [-0.3, -0.25) is 0 Å². The maximum atomic E-state index is 11.6. The van der Waals surface area contributed by atoms with Crippen LogP contribution in [0.3, 0.4) is 0 Å². The number of nitrogens with two attached hydrogens (primary N) is 1. The number of ether oxygens (including phenoxy) is 1. The minimum Gasteiger partial charge on any atom is -0.480 e. The Bertz CT molecular complexity index is 623. The van der Waals surface area contributed by atoms with Crippen molar-refractivity contribution in [3.63, 3.8) is 0 Å². The Labute approximate surface area is 161 Å². The van der Waals surface area contributed by atoms with Crippen LogP contribution in [0.25, 0.3) is 0 Å². The van der Waals surface area contributed by atoms with Crippen molar-refractivity contribution in [1.82, 2.24) is 5.32 Å². The number of hydrogen-bond acceptors (Lipinski definition) is 4. The summed E-state index contributed by atoms with van der Waals surface area (Å²) >= 11 is 0. The summed E-state index contributed by atoms with van der Waals surface area (Å²) in [6, 6.07) is 9.26. The first-order valence-corrected chi connectivity index (χ1v) is 9.17. The molecule has 0 aliphatic heterocycles. The van der Waals surface area contributed by atoms with Gasteiger partial charge in [-0.15, -0.1) is 6.58 Å². The number of nitrogens with one attached hydrogen (secondary N) is 1. The van der Waals surface area contributed by atoms with Gasteiger partial charge in [0.25, 0.3) is 0 Å². The fourth-order valence-electron chi connectivity index (χ4n) is 2.52. The van der Waals surface area contributed by atoms with Crippen LogP contribution in [0.5, 0.6) is 0 Å². The number of carboxylic acid groups (broad SMARTS) is 1. The lowest BCUT2D eigenvalue weighted by atomic mass is 9.87. The second-order valence-electron chi connectivity index (χ2n) is 7.94. The Balaban J connectivity index is 0.000000337. The number of carbonyl (C=O) groups is 2. The molecule has 0 unspecified atom stereocenters. The van der Waals surface area contributed by atoms with Crippen molar-refractivity contribution < 1.29 is 19.4 Å². The van der Waals surface area contributed by atoms with Gasteiger partial charge in [0.1, 0.15) is 12.1 Å². The van der Waals surface area contributed by atoms with Crippen LogP contribution in [0.4, 0.5) is 4.79 Å². The average Bonchev–Trinajstić information content (AvgIpc) is 3.30. The third-order valence-electron chi connectivity index (χ3n) is 4.29. The van der Waals surface area contributed by atoms with Crippen molar-refractivity contribution in [2.24, 2.45) is 17.1 Å². The SMILES string of the molecule is C=CC[C@@H]1C[C@H]1OC(=O)N[C@H](C(=O)O)C(C)(C)C.C[C@H](N)c1ccccc1. The number of carbonyl (C=O) groups excluding carboxylic acids is 1. The maximum absolute atomic E-state index is 11.6. The minimum atomic E-state index is -1.06. The highest BCUT2D eigenvalue weighted by atomic mass is 16.6. The molecular formula is C21H32N2O4. The standard InChI is InChI=1S/C13H21NO4.C8H11N/c1-5-6-8-7-9(8)18-12(17)14-10(11(15)16)13(2,3)4;1-7(9)8-5-3-2-4-6-8/h5,8-10H,1,6-7H2,2-4H3,(H,14,17)(H,15,16);2-7H,9H2,1H3/t8-,9-,10-;7-/m10/s1. The lowest BCUT2D eigenvalue weighted by Crippen LogP contribution is -2.49. The lowest BCUT2D eigenvalue weighted by molar-refractivity contribution is -0.142. The van der Waals surface area contributed by atoms with E-state index < -0.39 is 23.5 Å². The molecule has 4 atom stereocenters. The van der Waals surface area contributed by atoms with E-state index in [9.17, 15) is 9.59 Å². The van der Waals surface area contributed by atoms with Gasteiger partial charge in [0.05, 0.1) is 0 Å². The van der Waals surface area contributed by atoms with Gasteiger partial charge < -0.3 is 20.9 Å². The molecule has 0 saturated heterocycles. The van der Waals surface area contributed by atoms with Crippen molar-refractivity contribution in [2.45, 2.75) is 58.7 Å². The normalized spacial score (nSPS) is 20.3. The monoisotopic (exact) mass is 376 g/mol. The van der Waals surface area contributed by atoms with Gasteiger partial charge in [-0.05, 0) is 30.7 Å². The number of alkyl carbamates (subject to hydrolysis) is 1. The van der Waals surface area contributed by atoms with Crippen LogP contribution in [-0.4, -0.2) is 29.3 Å². The molecule has 6 nitrogen and oxygen atoms in total. The molecule has 1 aromatic rings. The second kappa shape index (κ2) is 10.1. The van der Waals surface area contributed by atoms with E-state index in [0.29, 0.717) is 5.92 Å². The van der Waals surface area contributed by atoms with E-state index >= 15 is 0 Å². The third-order valence-corrected chi connectivity index (χ3v) is 4.29. The Morgan fingerprint density at radius 2 is 1.96 bits per heavy atom. The van der Waals surface area contributed by atoms with E-state index in [1.165, 1.54) is 5.56 Å². The molecule has 1 saturated carbocycles. The summed E-state index contributed by atoms with van der Waals surface area (Å²) in [5.41, 5.74) is 6.25. The van der Waals surface area contributed by atoms with Gasteiger partial charge in [-0.1, -0.05) is 57.2 Å². The van der Waals surface area contributed by atoms with Crippen LogP contribution in [0, 0.1) is 11.3 Å². The van der Waals surface area contributed by atoms with E-state index in [0.717, 1.165) is 12.8 Å². The molecule has 0 radical (unpaired) electrons. The van der Waals surface area contributed by atoms with Gasteiger partial charge in [0.2, 0.25) is 0 Å². The second-order valence-corrected chi connectivity index (χ2v) is 7.94. The molecule has 1 fully saturated rings. The minimum absolute atomic E-state index is 0.0996. The van der Waals surface area contributed by atoms with E-state index in [2.05, 4.69) is 11.9 Å². The summed E-state index contributed by atoms with van der Waals surface area (Å²) in [6.45, 7) is 10.9. The van der Waals surface area contributed by atoms with E-state index in [1.807, 2.05) is 37.3 Å². The highest BCUT2D eigenvalue weighted by Crippen LogP contribution is 2.37. The Hall–Kier alpha value is -2.34. The van der Waals surface area contributed by atoms with Crippen LogP contribution in [0.15, 0.2) is 43.0 Å². The van der Waals surface area contributed by atoms with E-state index in [-0.39, 0.29) is 12.1 Å². The molecule has 1 aromatic carbocycles. The zero-order valence-corrected chi connectivity index (χ0v) is 16.6. The highest BCUT2D eigenvalue weighted by Gasteiger charge is 2.41. The molecule has 1 amide bonds. The fourth-order valence-corrected chi connectivity index (χ4v) is 2.52. The molecule has 1 aliphatic rings. The Morgan fingerprint density at radius 3 is 2.37 bits per heavy atom. The summed E-state index contributed by atoms with van der Waals surface area (Å²) in [6.07, 6.45) is 2.68. The molecule has 4 N–H and O–H groups in total. The Morgan fingerprint density at radius 1 is 1.37 bits per heavy atom. The van der Waals surface area contributed by atoms with Crippen molar-refractivity contribution in [3.05, 3.63) is 48.6 Å². The number of benzene rings is 1. The smallest absolute Gasteiger partial charge is 0.408 e. The predicted octanol–water partition coefficient (Wildman–Crippen LogP) is 3.88. The van der Waals surface area contributed by atoms with Crippen LogP contribution in [0.1, 0.15) is 52.1 Å². The quantitative estimate of drug-likeness (QED) is 0.654. The van der Waals surface area contributed by atoms with E-state index in [4.69, 9.17) is 15.6 Å². The number of allylic oxidation sites excluding steroid dienone is 1. The van der Waals surface area contributed by atoms with Crippen molar-refractivity contribution in [1.29, 1.82) is 0 Å². The molecule has 2 rings (SSSR count). The third kappa shape index (κ3) is 8.26. The summed E-state index contributed by atoms with van der Waals surface area (Å²) in [7, 11) is 0. The van der Waals surface area contributed by atoms with Crippen LogP contribution >= 0.6 is 0 Å². The summed E-state index contributed by atoms with van der Waals surface area (Å²) in [5, 5.41) is 11.5. The molecule has 0 aromatic heterocycles. The van der Waals surface area contributed by atoms with Gasteiger partial charge >= 0.3 is 12.1 Å². The van der Waals surface area contributed by atoms with Gasteiger partial charge in [0.15, 0.2) is 0 Å². The van der Waals surface area contributed by atoms with Gasteiger partial charge in [0, 0.05) is 12.0 Å². The lowest BCUT2D eigenvalue weighted by Gasteiger charge is -2.27. The van der Waals surface area contributed by atoms with Crippen molar-refractivity contribution in [3.8, 4) is 0 Å². The molecule has 27 heavy (non-hydrogen) atoms. The first kappa shape index (κ1) is 22.7. The fraction of sp³-hybridized carbons (Fsp3) is 0.524. The highest BCUT2D eigenvalue weighted by molar-refractivity contribution is 5.80. The maximum Gasteiger partial charge on any atom is 0.408 e. The van der Waals surface area contributed by atoms with Crippen LogP contribution in [-0.2, 0) is 9.53 Å². The molecule has 6 heteroatoms. The predicted molar refractivity (Wildman–Crippen MR) is 106 cm³/mol. The molecule has 1 aliphatic carbocycles. The van der Waals surface area contributed by atoms with Gasteiger partial charge in [-0.25, -0.2) is 9.59 Å². The zero-order valence-electron chi connectivity index (χ0n) is 16.6. The molecule has 0 spiro atoms. The summed E-state index contributed by atoms with van der Waals surface area (Å²) in [5.74, 6) is -0.718. The molecule has 0 bridgehead atoms.